The Kier molecular flexibility index (Phi) is 6.72. The van der Waals surface area contributed by atoms with Gasteiger partial charge < -0.3 is 5.32 Å². The summed E-state index contributed by atoms with van der Waals surface area (Å²) in [4.78, 5) is 41.7. The van der Waals surface area contributed by atoms with E-state index in [-0.39, 0.29) is 23.4 Å². The minimum absolute atomic E-state index is 0.00449. The van der Waals surface area contributed by atoms with Crippen molar-refractivity contribution in [3.8, 4) is 0 Å². The van der Waals surface area contributed by atoms with Crippen LogP contribution in [0.15, 0.2) is 34.2 Å². The lowest BCUT2D eigenvalue weighted by molar-refractivity contribution is -0.117. The Morgan fingerprint density at radius 1 is 1.29 bits per heavy atom. The van der Waals surface area contributed by atoms with Crippen LogP contribution in [-0.4, -0.2) is 33.3 Å². The van der Waals surface area contributed by atoms with Gasteiger partial charge in [0, 0.05) is 12.1 Å². The summed E-state index contributed by atoms with van der Waals surface area (Å²) >= 11 is 1.20. The van der Waals surface area contributed by atoms with Crippen molar-refractivity contribution < 1.29 is 9.59 Å². The fourth-order valence-electron chi connectivity index (χ4n) is 3.37. The minimum atomic E-state index is -0.500. The number of para-hydroxylation sites is 1. The highest BCUT2D eigenvalue weighted by Crippen LogP contribution is 2.32. The van der Waals surface area contributed by atoms with Crippen LogP contribution in [0.4, 0.5) is 4.79 Å². The zero-order chi connectivity index (χ0) is 20.1. The van der Waals surface area contributed by atoms with E-state index in [9.17, 15) is 14.4 Å². The molecule has 1 aliphatic rings. The van der Waals surface area contributed by atoms with Crippen molar-refractivity contribution in [2.45, 2.75) is 63.2 Å². The molecule has 1 aliphatic carbocycles. The van der Waals surface area contributed by atoms with Crippen molar-refractivity contribution in [3.05, 3.63) is 34.6 Å². The second-order valence-corrected chi connectivity index (χ2v) is 8.09. The van der Waals surface area contributed by atoms with Crippen molar-refractivity contribution >= 4 is 34.6 Å². The molecule has 0 aliphatic heterocycles. The molecule has 150 valence electrons. The first-order valence-corrected chi connectivity index (χ1v) is 10.7. The fourth-order valence-corrected chi connectivity index (χ4v) is 4.23. The van der Waals surface area contributed by atoms with Gasteiger partial charge in [-0.3, -0.25) is 19.5 Å². The van der Waals surface area contributed by atoms with Crippen LogP contribution in [0.3, 0.4) is 0 Å². The Morgan fingerprint density at radius 3 is 2.71 bits per heavy atom. The maximum Gasteiger partial charge on any atom is 0.321 e. The molecule has 1 saturated carbocycles. The largest absolute Gasteiger partial charge is 0.335 e. The summed E-state index contributed by atoms with van der Waals surface area (Å²) in [6, 6.07) is 6.88. The van der Waals surface area contributed by atoms with Crippen LogP contribution >= 0.6 is 11.8 Å². The number of benzene rings is 1. The van der Waals surface area contributed by atoms with E-state index in [0.29, 0.717) is 16.1 Å². The van der Waals surface area contributed by atoms with Crippen molar-refractivity contribution in [1.29, 1.82) is 0 Å². The number of amides is 3. The minimum Gasteiger partial charge on any atom is -0.335 e. The fraction of sp³-hybridized carbons (Fsp3) is 0.500. The van der Waals surface area contributed by atoms with Crippen LogP contribution in [0.5, 0.6) is 0 Å². The molecule has 3 amide bonds. The van der Waals surface area contributed by atoms with Gasteiger partial charge in [0.05, 0.1) is 16.7 Å². The molecule has 7 nitrogen and oxygen atoms in total. The van der Waals surface area contributed by atoms with Gasteiger partial charge in [0.1, 0.15) is 0 Å². The Labute approximate surface area is 168 Å². The van der Waals surface area contributed by atoms with Gasteiger partial charge in [0.15, 0.2) is 5.16 Å². The number of nitrogens with one attached hydrogen (secondary N) is 2. The highest BCUT2D eigenvalue weighted by atomic mass is 32.2. The number of rotatable bonds is 6. The quantitative estimate of drug-likeness (QED) is 0.572. The van der Waals surface area contributed by atoms with Gasteiger partial charge in [0.2, 0.25) is 5.91 Å². The van der Waals surface area contributed by atoms with Crippen LogP contribution < -0.4 is 16.2 Å². The molecular weight excluding hydrogens is 376 g/mol. The van der Waals surface area contributed by atoms with E-state index >= 15 is 0 Å². The van der Waals surface area contributed by atoms with Gasteiger partial charge in [-0.05, 0) is 38.3 Å². The molecule has 0 spiro atoms. The molecule has 1 fully saturated rings. The highest BCUT2D eigenvalue weighted by molar-refractivity contribution is 7.99. The number of thioether (sulfide) groups is 1. The van der Waals surface area contributed by atoms with Crippen LogP contribution in [0.1, 0.15) is 52.0 Å². The molecule has 28 heavy (non-hydrogen) atoms. The molecule has 0 bridgehead atoms. The zero-order valence-electron chi connectivity index (χ0n) is 16.2. The van der Waals surface area contributed by atoms with Crippen molar-refractivity contribution in [2.24, 2.45) is 0 Å². The van der Waals surface area contributed by atoms with E-state index in [1.807, 2.05) is 26.0 Å². The SMILES string of the molecule is CC[C@@H](C)NC(=O)NC(=O)CSc1nc2ccccc2c(=O)n1C1CCCC1. The van der Waals surface area contributed by atoms with Gasteiger partial charge in [-0.25, -0.2) is 9.78 Å². The maximum absolute atomic E-state index is 13.1. The molecular formula is C20H26N4O3S. The molecule has 8 heteroatoms. The van der Waals surface area contributed by atoms with E-state index in [2.05, 4.69) is 15.6 Å². The third kappa shape index (κ3) is 4.73. The predicted octanol–water partition coefficient (Wildman–Crippen LogP) is 3.23. The molecule has 3 rings (SSSR count). The second kappa shape index (κ2) is 9.23. The van der Waals surface area contributed by atoms with Gasteiger partial charge in [-0.2, -0.15) is 0 Å². The Bertz CT molecular complexity index is 921. The average molecular weight is 403 g/mol. The number of hydrogen-bond donors (Lipinski definition) is 2. The molecule has 2 aromatic rings. The summed E-state index contributed by atoms with van der Waals surface area (Å²) in [5, 5.41) is 6.16. The summed E-state index contributed by atoms with van der Waals surface area (Å²) in [5.41, 5.74) is 0.564. The number of hydrogen-bond acceptors (Lipinski definition) is 5. The molecule has 1 aromatic carbocycles. The standard InChI is InChI=1S/C20H26N4O3S/c1-3-13(2)21-19(27)23-17(25)12-28-20-22-16-11-7-6-10-15(16)18(26)24(20)14-8-4-5-9-14/h6-7,10-11,13-14H,3-5,8-9,12H2,1-2H3,(H2,21,23,25,27)/t13-/m1/s1. The van der Waals surface area contributed by atoms with Crippen LogP contribution in [0.25, 0.3) is 10.9 Å². The molecule has 2 N–H and O–H groups in total. The molecule has 1 heterocycles. The zero-order valence-corrected chi connectivity index (χ0v) is 17.1. The van der Waals surface area contributed by atoms with Crippen LogP contribution in [0.2, 0.25) is 0 Å². The first-order valence-electron chi connectivity index (χ1n) is 9.74. The van der Waals surface area contributed by atoms with Crippen LogP contribution in [0, 0.1) is 0 Å². The van der Waals surface area contributed by atoms with E-state index in [1.54, 1.807) is 16.7 Å². The summed E-state index contributed by atoms with van der Waals surface area (Å²) in [6.45, 7) is 3.83. The predicted molar refractivity (Wildman–Crippen MR) is 111 cm³/mol. The number of nitrogens with zero attached hydrogens (tertiary/aromatic N) is 2. The lowest BCUT2D eigenvalue weighted by Gasteiger charge is -2.18. The summed E-state index contributed by atoms with van der Waals surface area (Å²) in [5.74, 6) is -0.392. The van der Waals surface area contributed by atoms with E-state index < -0.39 is 11.9 Å². The van der Waals surface area contributed by atoms with E-state index in [0.717, 1.165) is 32.1 Å². The summed E-state index contributed by atoms with van der Waals surface area (Å²) in [6.07, 6.45) is 4.84. The van der Waals surface area contributed by atoms with E-state index in [1.165, 1.54) is 11.8 Å². The highest BCUT2D eigenvalue weighted by Gasteiger charge is 2.23. The van der Waals surface area contributed by atoms with Gasteiger partial charge in [0.25, 0.3) is 5.56 Å². The van der Waals surface area contributed by atoms with Gasteiger partial charge in [-0.1, -0.05) is 43.7 Å². The number of urea groups is 1. The third-order valence-corrected chi connectivity index (χ3v) is 5.99. The Hall–Kier alpha value is -2.35. The molecule has 0 radical (unpaired) electrons. The lowest BCUT2D eigenvalue weighted by atomic mass is 10.2. The second-order valence-electron chi connectivity index (χ2n) is 7.14. The first kappa shape index (κ1) is 20.4. The molecule has 1 atom stereocenters. The number of carbonyl (C=O) groups is 2. The Balaban J connectivity index is 1.78. The van der Waals surface area contributed by atoms with Crippen LogP contribution in [-0.2, 0) is 4.79 Å². The third-order valence-electron chi connectivity index (χ3n) is 5.04. The van der Waals surface area contributed by atoms with E-state index in [4.69, 9.17) is 0 Å². The van der Waals surface area contributed by atoms with Crippen molar-refractivity contribution in [3.63, 3.8) is 0 Å². The monoisotopic (exact) mass is 402 g/mol. The summed E-state index contributed by atoms with van der Waals surface area (Å²) in [7, 11) is 0. The summed E-state index contributed by atoms with van der Waals surface area (Å²) < 4.78 is 1.74. The first-order chi connectivity index (χ1) is 13.5. The molecule has 1 aromatic heterocycles. The van der Waals surface area contributed by atoms with Crippen molar-refractivity contribution in [2.75, 3.05) is 5.75 Å². The number of imide groups is 1. The number of aromatic nitrogens is 2. The lowest BCUT2D eigenvalue weighted by Crippen LogP contribution is -2.44. The topological polar surface area (TPSA) is 93.1 Å². The smallest absolute Gasteiger partial charge is 0.321 e. The molecule has 0 unspecified atom stereocenters. The van der Waals surface area contributed by atoms with Gasteiger partial charge in [-0.15, -0.1) is 0 Å². The average Bonchev–Trinajstić information content (AvgIpc) is 3.20. The molecule has 0 saturated heterocycles. The van der Waals surface area contributed by atoms with Crippen molar-refractivity contribution in [1.82, 2.24) is 20.2 Å². The normalized spacial score (nSPS) is 15.5. The van der Waals surface area contributed by atoms with Gasteiger partial charge >= 0.3 is 6.03 Å². The Morgan fingerprint density at radius 2 is 2.00 bits per heavy atom. The maximum atomic E-state index is 13.1. The number of fused-ring (bicyclic) bond motifs is 1. The number of carbonyl (C=O) groups excluding carboxylic acids is 2.